The molecule has 0 bridgehead atoms. The summed E-state index contributed by atoms with van der Waals surface area (Å²) in [4.78, 5) is 3.23. The van der Waals surface area contributed by atoms with E-state index in [9.17, 15) is 13.6 Å². The summed E-state index contributed by atoms with van der Waals surface area (Å²) in [5.41, 5.74) is 2.78. The van der Waals surface area contributed by atoms with Crippen LogP contribution in [-0.4, -0.2) is 8.42 Å². The number of nitrogens with one attached hydrogen (secondary N) is 2. The Morgan fingerprint density at radius 2 is 1.90 bits per heavy atom. The van der Waals surface area contributed by atoms with Gasteiger partial charge < -0.3 is 10.5 Å². The smallest absolute Gasteiger partial charge is 0.229 e. The molecule has 110 valence electrons. The summed E-state index contributed by atoms with van der Waals surface area (Å²) in [5.74, 6) is 0. The maximum absolute atomic E-state index is 11.9. The van der Waals surface area contributed by atoms with E-state index in [0.29, 0.717) is 11.1 Å². The number of sulfonamides is 1. The van der Waals surface area contributed by atoms with Crippen molar-refractivity contribution < 1.29 is 8.42 Å². The van der Waals surface area contributed by atoms with Gasteiger partial charge in [0.1, 0.15) is 0 Å². The van der Waals surface area contributed by atoms with Gasteiger partial charge in [-0.2, -0.15) is 0 Å². The van der Waals surface area contributed by atoms with Crippen molar-refractivity contribution in [2.24, 2.45) is 0 Å². The van der Waals surface area contributed by atoms with Crippen molar-refractivity contribution in [3.05, 3.63) is 46.7 Å². The molecule has 5 nitrogen and oxygen atoms in total. The summed E-state index contributed by atoms with van der Waals surface area (Å²) in [6, 6.07) is 9.60. The number of aryl methyl sites for hydroxylation is 1. The van der Waals surface area contributed by atoms with Crippen LogP contribution in [0.1, 0.15) is 11.1 Å². The van der Waals surface area contributed by atoms with Crippen molar-refractivity contribution in [3.8, 4) is 0 Å². The molecule has 7 heteroatoms. The third kappa shape index (κ3) is 2.32. The van der Waals surface area contributed by atoms with E-state index >= 15 is 0 Å². The Hall–Kier alpha value is -1.54. The van der Waals surface area contributed by atoms with E-state index in [1.807, 2.05) is 24.3 Å². The van der Waals surface area contributed by atoms with Crippen molar-refractivity contribution in [2.45, 2.75) is 28.5 Å². The maximum Gasteiger partial charge on any atom is 0.229 e. The number of hydrogen-bond donors (Lipinski definition) is 2. The first kappa shape index (κ1) is 14.4. The average molecular weight is 321 g/mol. The van der Waals surface area contributed by atoms with Gasteiger partial charge in [0.15, 0.2) is 0 Å². The zero-order valence-corrected chi connectivity index (χ0v) is 13.1. The third-order valence-electron chi connectivity index (χ3n) is 3.41. The van der Waals surface area contributed by atoms with Crippen LogP contribution in [-0.2, 0) is 10.0 Å². The van der Waals surface area contributed by atoms with Crippen LogP contribution in [0.2, 0.25) is 0 Å². The molecule has 0 atom stereocenters. The molecule has 1 heterocycles. The maximum atomic E-state index is 11.9. The van der Waals surface area contributed by atoms with Crippen LogP contribution in [0.3, 0.4) is 0 Å². The molecule has 0 amide bonds. The van der Waals surface area contributed by atoms with Gasteiger partial charge in [0.05, 0.1) is 16.3 Å². The van der Waals surface area contributed by atoms with Crippen LogP contribution in [0.25, 0.3) is 0 Å². The summed E-state index contributed by atoms with van der Waals surface area (Å²) < 4.78 is 23.8. The molecule has 0 radical (unpaired) electrons. The molecule has 0 fully saturated rings. The molecule has 0 unspecified atom stereocenters. The molecule has 0 saturated carbocycles. The molecule has 1 aliphatic rings. The molecule has 21 heavy (non-hydrogen) atoms. The number of rotatable bonds is 2. The Morgan fingerprint density at radius 3 is 2.62 bits per heavy atom. The number of benzene rings is 2. The summed E-state index contributed by atoms with van der Waals surface area (Å²) in [6.45, 7) is 3.40. The molecule has 3 rings (SSSR count). The summed E-state index contributed by atoms with van der Waals surface area (Å²) >= 11 is 1.58. The average Bonchev–Trinajstić information content (AvgIpc) is 2.45. The summed E-state index contributed by atoms with van der Waals surface area (Å²) in [7, 11) is -4.03. The fourth-order valence-corrected chi connectivity index (χ4v) is 4.76. The highest BCUT2D eigenvalue weighted by Crippen LogP contribution is 2.47. The first-order valence-electron chi connectivity index (χ1n) is 6.26. The van der Waals surface area contributed by atoms with E-state index in [1.54, 1.807) is 31.7 Å². The Balaban J connectivity index is 2.21. The second kappa shape index (κ2) is 5.03. The van der Waals surface area contributed by atoms with Crippen molar-refractivity contribution in [1.29, 1.82) is 0 Å². The van der Waals surface area contributed by atoms with Gasteiger partial charge in [-0.15, -0.1) is 0 Å². The van der Waals surface area contributed by atoms with E-state index in [4.69, 9.17) is 0 Å². The minimum absolute atomic E-state index is 0.0451. The zero-order valence-electron chi connectivity index (χ0n) is 11.4. The van der Waals surface area contributed by atoms with E-state index in [2.05, 4.69) is 5.32 Å². The Morgan fingerprint density at radius 1 is 1.19 bits per heavy atom. The second-order valence-corrected chi connectivity index (χ2v) is 7.50. The number of para-hydroxylation sites is 1. The lowest BCUT2D eigenvalue weighted by molar-refractivity contribution is 0.589. The van der Waals surface area contributed by atoms with Gasteiger partial charge in [0.25, 0.3) is 0 Å². The Labute approximate surface area is 127 Å². The molecular formula is C14H13N2O3S2-. The van der Waals surface area contributed by atoms with Crippen LogP contribution in [0.5, 0.6) is 0 Å². The van der Waals surface area contributed by atoms with Gasteiger partial charge in [-0.05, 0) is 43.2 Å². The van der Waals surface area contributed by atoms with Gasteiger partial charge in [-0.3, -0.25) is 4.89 Å². The predicted octanol–water partition coefficient (Wildman–Crippen LogP) is 3.29. The summed E-state index contributed by atoms with van der Waals surface area (Å²) in [6.07, 6.45) is 0. The standard InChI is InChI=1S/C14H13N2O3S2/c1-8-7-12-13(9(2)14(8)21(18,19)16-17)15-10-5-3-4-6-11(10)20-12/h3-7,15-16H,1-2H3/q-1. The number of fused-ring (bicyclic) bond motifs is 2. The fourth-order valence-electron chi connectivity index (χ4n) is 2.53. The lowest BCUT2D eigenvalue weighted by Gasteiger charge is -2.25. The highest BCUT2D eigenvalue weighted by atomic mass is 32.2. The third-order valence-corrected chi connectivity index (χ3v) is 5.92. The fraction of sp³-hybridized carbons (Fsp3) is 0.143. The first-order valence-corrected chi connectivity index (χ1v) is 8.56. The van der Waals surface area contributed by atoms with Gasteiger partial charge in [-0.1, -0.05) is 23.9 Å². The zero-order chi connectivity index (χ0) is 15.2. The SMILES string of the molecule is Cc1cc2c(c(C)c1S(=O)(=O)N[O-])Nc1ccccc1S2. The Bertz CT molecular complexity index is 832. The molecule has 2 aromatic rings. The van der Waals surface area contributed by atoms with Gasteiger partial charge >= 0.3 is 0 Å². The highest BCUT2D eigenvalue weighted by molar-refractivity contribution is 7.99. The first-order chi connectivity index (χ1) is 9.94. The lowest BCUT2D eigenvalue weighted by atomic mass is 10.1. The van der Waals surface area contributed by atoms with E-state index in [0.717, 1.165) is 26.1 Å². The van der Waals surface area contributed by atoms with Crippen LogP contribution in [0.4, 0.5) is 11.4 Å². The Kier molecular flexibility index (Phi) is 3.45. The summed E-state index contributed by atoms with van der Waals surface area (Å²) in [5, 5.41) is 14.0. The normalized spacial score (nSPS) is 13.3. The van der Waals surface area contributed by atoms with E-state index < -0.39 is 10.0 Å². The minimum atomic E-state index is -4.03. The van der Waals surface area contributed by atoms with Crippen molar-refractivity contribution in [3.63, 3.8) is 0 Å². The molecule has 1 aliphatic heterocycles. The molecule has 0 saturated heterocycles. The number of anilines is 2. The molecule has 2 N–H and O–H groups in total. The molecule has 0 spiro atoms. The second-order valence-electron chi connectivity index (χ2n) is 4.83. The minimum Gasteiger partial charge on any atom is -0.775 e. The van der Waals surface area contributed by atoms with Crippen molar-refractivity contribution in [2.75, 3.05) is 5.32 Å². The monoisotopic (exact) mass is 321 g/mol. The molecule has 0 aliphatic carbocycles. The quantitative estimate of drug-likeness (QED) is 0.708. The molecule has 0 aromatic heterocycles. The van der Waals surface area contributed by atoms with Gasteiger partial charge in [-0.25, -0.2) is 8.42 Å². The highest BCUT2D eigenvalue weighted by Gasteiger charge is 2.24. The molecule has 2 aromatic carbocycles. The van der Waals surface area contributed by atoms with Crippen LogP contribution < -0.4 is 10.2 Å². The molecular weight excluding hydrogens is 308 g/mol. The van der Waals surface area contributed by atoms with E-state index in [1.165, 1.54) is 0 Å². The van der Waals surface area contributed by atoms with E-state index in [-0.39, 0.29) is 4.90 Å². The van der Waals surface area contributed by atoms with Crippen molar-refractivity contribution >= 4 is 33.2 Å². The van der Waals surface area contributed by atoms with Crippen molar-refractivity contribution in [1.82, 2.24) is 4.89 Å². The topological polar surface area (TPSA) is 81.3 Å². The van der Waals surface area contributed by atoms with Crippen LogP contribution in [0.15, 0.2) is 45.0 Å². The number of hydrogen-bond acceptors (Lipinski definition) is 5. The van der Waals surface area contributed by atoms with Gasteiger partial charge in [0.2, 0.25) is 10.0 Å². The van der Waals surface area contributed by atoms with Crippen LogP contribution in [0, 0.1) is 19.1 Å². The largest absolute Gasteiger partial charge is 0.775 e. The van der Waals surface area contributed by atoms with Crippen LogP contribution >= 0.6 is 11.8 Å². The van der Waals surface area contributed by atoms with Gasteiger partial charge in [0, 0.05) is 9.79 Å². The predicted molar refractivity (Wildman–Crippen MR) is 83.5 cm³/mol. The lowest BCUT2D eigenvalue weighted by Crippen LogP contribution is -2.20.